The van der Waals surface area contributed by atoms with E-state index in [2.05, 4.69) is 0 Å². The lowest BCUT2D eigenvalue weighted by molar-refractivity contribution is -0.0413. The van der Waals surface area contributed by atoms with E-state index in [9.17, 15) is 4.79 Å². The number of carbonyl (C=O) groups excluding carboxylic acids is 1. The Balaban J connectivity index is 1.73. The van der Waals surface area contributed by atoms with E-state index in [1.807, 2.05) is 12.1 Å². The second kappa shape index (κ2) is 4.28. The van der Waals surface area contributed by atoms with Crippen LogP contribution in [0.15, 0.2) is 12.1 Å². The Labute approximate surface area is 98.4 Å². The fourth-order valence-corrected chi connectivity index (χ4v) is 3.03. The molecule has 0 unspecified atom stereocenters. The average molecular weight is 238 g/mol. The third-order valence-corrected chi connectivity index (χ3v) is 4.32. The number of hydrogen-bond acceptors (Lipinski definition) is 4. The third-order valence-electron chi connectivity index (χ3n) is 3.20. The van der Waals surface area contributed by atoms with Crippen molar-refractivity contribution in [2.75, 3.05) is 13.2 Å². The Morgan fingerprint density at radius 3 is 2.62 bits per heavy atom. The predicted molar refractivity (Wildman–Crippen MR) is 60.6 cm³/mol. The monoisotopic (exact) mass is 238 g/mol. The van der Waals surface area contributed by atoms with Gasteiger partial charge in [-0.3, -0.25) is 4.79 Å². The second-order valence-electron chi connectivity index (χ2n) is 4.27. The first-order chi connectivity index (χ1) is 7.84. The number of thiophene rings is 1. The highest BCUT2D eigenvalue weighted by Crippen LogP contribution is 2.34. The van der Waals surface area contributed by atoms with Crippen LogP contribution < -0.4 is 0 Å². The highest BCUT2D eigenvalue weighted by Gasteiger charge is 2.28. The molecular formula is C12H14O3S. The molecule has 4 heteroatoms. The van der Waals surface area contributed by atoms with E-state index >= 15 is 0 Å². The molecule has 1 saturated carbocycles. The standard InChI is InChI=1S/C12H14O3S/c13-11(8-2-1-3-8)9-4-5-10(16-9)12-14-6-7-15-12/h4-5,8,12H,1-3,6-7H2. The van der Waals surface area contributed by atoms with E-state index in [1.165, 1.54) is 17.8 Å². The van der Waals surface area contributed by atoms with Gasteiger partial charge in [0.15, 0.2) is 12.1 Å². The van der Waals surface area contributed by atoms with Gasteiger partial charge >= 0.3 is 0 Å². The quantitative estimate of drug-likeness (QED) is 0.760. The van der Waals surface area contributed by atoms with E-state index in [4.69, 9.17) is 9.47 Å². The maximum atomic E-state index is 12.0. The van der Waals surface area contributed by atoms with Gasteiger partial charge in [-0.15, -0.1) is 11.3 Å². The summed E-state index contributed by atoms with van der Waals surface area (Å²) in [5.74, 6) is 0.581. The van der Waals surface area contributed by atoms with Crippen LogP contribution in [0, 0.1) is 5.92 Å². The summed E-state index contributed by atoms with van der Waals surface area (Å²) in [6.07, 6.45) is 3.07. The van der Waals surface area contributed by atoms with Crippen LogP contribution in [0.2, 0.25) is 0 Å². The largest absolute Gasteiger partial charge is 0.345 e. The van der Waals surface area contributed by atoms with Gasteiger partial charge in [0.1, 0.15) is 0 Å². The van der Waals surface area contributed by atoms with E-state index < -0.39 is 0 Å². The molecule has 0 bridgehead atoms. The smallest absolute Gasteiger partial charge is 0.193 e. The molecule has 0 aromatic carbocycles. The summed E-state index contributed by atoms with van der Waals surface area (Å²) >= 11 is 1.52. The highest BCUT2D eigenvalue weighted by atomic mass is 32.1. The van der Waals surface area contributed by atoms with Gasteiger partial charge in [0, 0.05) is 5.92 Å². The average Bonchev–Trinajstić information content (AvgIpc) is 2.86. The van der Waals surface area contributed by atoms with Gasteiger partial charge in [-0.2, -0.15) is 0 Å². The minimum absolute atomic E-state index is 0.243. The molecule has 2 heterocycles. The fourth-order valence-electron chi connectivity index (χ4n) is 2.01. The number of ketones is 1. The molecule has 0 atom stereocenters. The number of carbonyl (C=O) groups is 1. The van der Waals surface area contributed by atoms with E-state index in [-0.39, 0.29) is 12.2 Å². The summed E-state index contributed by atoms with van der Waals surface area (Å²) in [5.41, 5.74) is 0. The molecule has 2 aliphatic rings. The number of ether oxygens (including phenoxy) is 2. The van der Waals surface area contributed by atoms with E-state index in [0.29, 0.717) is 19.0 Å². The fraction of sp³-hybridized carbons (Fsp3) is 0.583. The molecule has 1 aliphatic carbocycles. The molecule has 16 heavy (non-hydrogen) atoms. The Hall–Kier alpha value is -0.710. The first kappa shape index (κ1) is 10.4. The van der Waals surface area contributed by atoms with Crippen molar-refractivity contribution in [2.24, 2.45) is 5.92 Å². The summed E-state index contributed by atoms with van der Waals surface area (Å²) in [6.45, 7) is 1.29. The zero-order chi connectivity index (χ0) is 11.0. The lowest BCUT2D eigenvalue weighted by Crippen LogP contribution is -2.20. The molecule has 0 N–H and O–H groups in total. The summed E-state index contributed by atoms with van der Waals surface area (Å²) < 4.78 is 10.8. The molecule has 1 aromatic rings. The van der Waals surface area contributed by atoms with Gasteiger partial charge in [-0.1, -0.05) is 6.42 Å². The minimum Gasteiger partial charge on any atom is -0.345 e. The van der Waals surface area contributed by atoms with Gasteiger partial charge in [-0.05, 0) is 25.0 Å². The first-order valence-electron chi connectivity index (χ1n) is 5.72. The van der Waals surface area contributed by atoms with Crippen molar-refractivity contribution in [1.29, 1.82) is 0 Å². The zero-order valence-corrected chi connectivity index (χ0v) is 9.79. The van der Waals surface area contributed by atoms with Crippen LogP contribution in [0.25, 0.3) is 0 Å². The highest BCUT2D eigenvalue weighted by molar-refractivity contribution is 7.14. The van der Waals surface area contributed by atoms with Crippen LogP contribution in [-0.4, -0.2) is 19.0 Å². The Morgan fingerprint density at radius 1 is 1.25 bits per heavy atom. The van der Waals surface area contributed by atoms with Gasteiger partial charge in [0.2, 0.25) is 0 Å². The van der Waals surface area contributed by atoms with Gasteiger partial charge in [0.05, 0.1) is 23.0 Å². The second-order valence-corrected chi connectivity index (χ2v) is 5.38. The van der Waals surface area contributed by atoms with Gasteiger partial charge in [0.25, 0.3) is 0 Å². The third kappa shape index (κ3) is 1.81. The lowest BCUT2D eigenvalue weighted by atomic mass is 9.82. The molecule has 1 aliphatic heterocycles. The van der Waals surface area contributed by atoms with Crippen molar-refractivity contribution in [2.45, 2.75) is 25.6 Å². The van der Waals surface area contributed by atoms with Crippen LogP contribution in [0.5, 0.6) is 0 Å². The Bertz CT molecular complexity index is 389. The van der Waals surface area contributed by atoms with Crippen LogP contribution in [0.1, 0.15) is 40.1 Å². The molecule has 1 aromatic heterocycles. The molecular weight excluding hydrogens is 224 g/mol. The minimum atomic E-state index is -0.243. The molecule has 0 spiro atoms. The summed E-state index contributed by atoms with van der Waals surface area (Å²) in [7, 11) is 0. The van der Waals surface area contributed by atoms with E-state index in [1.54, 1.807) is 0 Å². The summed E-state index contributed by atoms with van der Waals surface area (Å²) in [5, 5.41) is 0. The summed E-state index contributed by atoms with van der Waals surface area (Å²) in [4.78, 5) is 13.9. The maximum Gasteiger partial charge on any atom is 0.193 e. The zero-order valence-electron chi connectivity index (χ0n) is 8.98. The van der Waals surface area contributed by atoms with Crippen molar-refractivity contribution in [1.82, 2.24) is 0 Å². The Kier molecular flexibility index (Phi) is 2.79. The first-order valence-corrected chi connectivity index (χ1v) is 6.53. The summed E-state index contributed by atoms with van der Waals surface area (Å²) in [6, 6.07) is 3.86. The molecule has 0 amide bonds. The van der Waals surface area contributed by atoms with Gasteiger partial charge in [-0.25, -0.2) is 0 Å². The normalized spacial score (nSPS) is 22.2. The molecule has 0 radical (unpaired) electrons. The number of rotatable bonds is 3. The molecule has 3 nitrogen and oxygen atoms in total. The van der Waals surface area contributed by atoms with Crippen LogP contribution in [0.4, 0.5) is 0 Å². The molecule has 1 saturated heterocycles. The van der Waals surface area contributed by atoms with Crippen molar-refractivity contribution in [3.05, 3.63) is 21.9 Å². The topological polar surface area (TPSA) is 35.5 Å². The van der Waals surface area contributed by atoms with Crippen LogP contribution in [-0.2, 0) is 9.47 Å². The predicted octanol–water partition coefficient (Wildman–Crippen LogP) is 2.78. The van der Waals surface area contributed by atoms with Crippen molar-refractivity contribution < 1.29 is 14.3 Å². The Morgan fingerprint density at radius 2 is 2.00 bits per heavy atom. The van der Waals surface area contributed by atoms with Crippen molar-refractivity contribution in [3.8, 4) is 0 Å². The van der Waals surface area contributed by atoms with E-state index in [0.717, 1.165) is 22.6 Å². The number of hydrogen-bond donors (Lipinski definition) is 0. The van der Waals surface area contributed by atoms with Gasteiger partial charge < -0.3 is 9.47 Å². The molecule has 3 rings (SSSR count). The van der Waals surface area contributed by atoms with Crippen LogP contribution >= 0.6 is 11.3 Å². The van der Waals surface area contributed by atoms with Crippen LogP contribution in [0.3, 0.4) is 0 Å². The lowest BCUT2D eigenvalue weighted by Gasteiger charge is -2.22. The number of Topliss-reactive ketones (excluding diaryl/α,β-unsaturated/α-hetero) is 1. The van der Waals surface area contributed by atoms with Crippen molar-refractivity contribution in [3.63, 3.8) is 0 Å². The van der Waals surface area contributed by atoms with Crippen molar-refractivity contribution >= 4 is 17.1 Å². The molecule has 2 fully saturated rings. The SMILES string of the molecule is O=C(c1ccc(C2OCCO2)s1)C1CCC1. The maximum absolute atomic E-state index is 12.0. The molecule has 86 valence electrons.